The Morgan fingerprint density at radius 3 is 2.29 bits per heavy atom. The van der Waals surface area contributed by atoms with Crippen molar-refractivity contribution in [2.75, 3.05) is 14.1 Å². The van der Waals surface area contributed by atoms with E-state index in [9.17, 15) is 9.59 Å². The third-order valence-electron chi connectivity index (χ3n) is 4.68. The minimum atomic E-state index is -0.588. The fourth-order valence-corrected chi connectivity index (χ4v) is 3.03. The van der Waals surface area contributed by atoms with Crippen LogP contribution in [0, 0.1) is 6.92 Å². The average molecular weight is 383 g/mol. The summed E-state index contributed by atoms with van der Waals surface area (Å²) in [7, 11) is 3.36. The molecule has 2 rings (SSSR count). The lowest BCUT2D eigenvalue weighted by atomic mass is 10.0. The van der Waals surface area contributed by atoms with Crippen LogP contribution in [0.25, 0.3) is 0 Å². The SMILES string of the molecule is CNC(=O)c1ccc(CN(C)C(=O)C(C)Oc2cc(C)ccc2C(C)C)cc1. The number of hydrogen-bond acceptors (Lipinski definition) is 3. The van der Waals surface area contributed by atoms with Gasteiger partial charge in [0, 0.05) is 26.2 Å². The number of nitrogens with zero attached hydrogens (tertiary/aromatic N) is 1. The van der Waals surface area contributed by atoms with Crippen molar-refractivity contribution in [3.63, 3.8) is 0 Å². The van der Waals surface area contributed by atoms with E-state index in [2.05, 4.69) is 31.3 Å². The van der Waals surface area contributed by atoms with E-state index in [0.29, 0.717) is 18.0 Å². The normalized spacial score (nSPS) is 11.8. The van der Waals surface area contributed by atoms with Gasteiger partial charge in [0.05, 0.1) is 0 Å². The number of ether oxygens (including phenoxy) is 1. The first kappa shape index (κ1) is 21.5. The first-order valence-electron chi connectivity index (χ1n) is 9.56. The van der Waals surface area contributed by atoms with Gasteiger partial charge in [-0.1, -0.05) is 38.1 Å². The Morgan fingerprint density at radius 1 is 1.07 bits per heavy atom. The summed E-state index contributed by atoms with van der Waals surface area (Å²) < 4.78 is 6.03. The number of carbonyl (C=O) groups excluding carboxylic acids is 2. The highest BCUT2D eigenvalue weighted by molar-refractivity contribution is 5.93. The quantitative estimate of drug-likeness (QED) is 0.790. The van der Waals surface area contributed by atoms with Gasteiger partial charge in [0.2, 0.25) is 0 Å². The lowest BCUT2D eigenvalue weighted by molar-refractivity contribution is -0.137. The van der Waals surface area contributed by atoms with Gasteiger partial charge in [-0.3, -0.25) is 9.59 Å². The summed E-state index contributed by atoms with van der Waals surface area (Å²) in [6, 6.07) is 13.3. The van der Waals surface area contributed by atoms with Gasteiger partial charge in [0.15, 0.2) is 6.10 Å². The van der Waals surface area contributed by atoms with Crippen LogP contribution in [-0.2, 0) is 11.3 Å². The molecule has 0 bridgehead atoms. The lowest BCUT2D eigenvalue weighted by Crippen LogP contribution is -2.37. The first-order chi connectivity index (χ1) is 13.2. The molecule has 0 saturated carbocycles. The molecule has 28 heavy (non-hydrogen) atoms. The van der Waals surface area contributed by atoms with E-state index in [-0.39, 0.29) is 11.8 Å². The zero-order chi connectivity index (χ0) is 20.8. The monoisotopic (exact) mass is 382 g/mol. The summed E-state index contributed by atoms with van der Waals surface area (Å²) in [5.41, 5.74) is 3.74. The molecule has 1 unspecified atom stereocenters. The largest absolute Gasteiger partial charge is 0.481 e. The van der Waals surface area contributed by atoms with Gasteiger partial charge in [-0.05, 0) is 54.7 Å². The highest BCUT2D eigenvalue weighted by Crippen LogP contribution is 2.28. The number of likely N-dealkylation sites (N-methyl/N-ethyl adjacent to an activating group) is 1. The molecule has 0 radical (unpaired) electrons. The van der Waals surface area contributed by atoms with E-state index in [1.807, 2.05) is 25.1 Å². The maximum Gasteiger partial charge on any atom is 0.263 e. The number of nitrogens with one attached hydrogen (secondary N) is 1. The van der Waals surface area contributed by atoms with Gasteiger partial charge in [-0.2, -0.15) is 0 Å². The van der Waals surface area contributed by atoms with Crippen LogP contribution in [0.4, 0.5) is 0 Å². The Kier molecular flexibility index (Phi) is 7.21. The van der Waals surface area contributed by atoms with E-state index >= 15 is 0 Å². The number of rotatable bonds is 7. The molecule has 0 fully saturated rings. The smallest absolute Gasteiger partial charge is 0.263 e. The molecule has 2 aromatic carbocycles. The number of carbonyl (C=O) groups is 2. The van der Waals surface area contributed by atoms with Crippen LogP contribution < -0.4 is 10.1 Å². The standard InChI is InChI=1S/C23H30N2O3/c1-15(2)20-12-7-16(3)13-21(20)28-17(4)23(27)25(6)14-18-8-10-19(11-9-18)22(26)24-5/h7-13,15,17H,14H2,1-6H3,(H,24,26). The van der Waals surface area contributed by atoms with E-state index in [4.69, 9.17) is 4.74 Å². The Hall–Kier alpha value is -2.82. The van der Waals surface area contributed by atoms with E-state index < -0.39 is 6.10 Å². The van der Waals surface area contributed by atoms with Gasteiger partial charge in [0.1, 0.15) is 5.75 Å². The summed E-state index contributed by atoms with van der Waals surface area (Å²) in [6.07, 6.45) is -0.588. The van der Waals surface area contributed by atoms with Crippen LogP contribution in [0.3, 0.4) is 0 Å². The van der Waals surface area contributed by atoms with Gasteiger partial charge in [-0.15, -0.1) is 0 Å². The molecule has 0 aliphatic heterocycles. The zero-order valence-electron chi connectivity index (χ0n) is 17.6. The van der Waals surface area contributed by atoms with E-state index in [0.717, 1.165) is 22.4 Å². The van der Waals surface area contributed by atoms with Crippen molar-refractivity contribution in [2.45, 2.75) is 46.3 Å². The number of hydrogen-bond donors (Lipinski definition) is 1. The van der Waals surface area contributed by atoms with E-state index in [1.165, 1.54) is 0 Å². The van der Waals surface area contributed by atoms with Crippen molar-refractivity contribution in [2.24, 2.45) is 0 Å². The molecule has 0 aliphatic carbocycles. The van der Waals surface area contributed by atoms with Gasteiger partial charge < -0.3 is 15.0 Å². The molecule has 2 aromatic rings. The van der Waals surface area contributed by atoms with Crippen LogP contribution in [0.5, 0.6) is 5.75 Å². The number of aryl methyl sites for hydroxylation is 1. The molecule has 5 nitrogen and oxygen atoms in total. The number of benzene rings is 2. The summed E-state index contributed by atoms with van der Waals surface area (Å²) in [5, 5.41) is 2.59. The molecule has 5 heteroatoms. The zero-order valence-corrected chi connectivity index (χ0v) is 17.6. The number of amides is 2. The molecule has 0 saturated heterocycles. The van der Waals surface area contributed by atoms with Crippen molar-refractivity contribution >= 4 is 11.8 Å². The molecule has 0 aromatic heterocycles. The Bertz CT molecular complexity index is 828. The van der Waals surface area contributed by atoms with Gasteiger partial charge >= 0.3 is 0 Å². The van der Waals surface area contributed by atoms with Crippen LogP contribution >= 0.6 is 0 Å². The topological polar surface area (TPSA) is 58.6 Å². The fraction of sp³-hybridized carbons (Fsp3) is 0.391. The predicted molar refractivity (Wildman–Crippen MR) is 112 cm³/mol. The highest BCUT2D eigenvalue weighted by atomic mass is 16.5. The van der Waals surface area contributed by atoms with Gasteiger partial charge in [-0.25, -0.2) is 0 Å². The molecular weight excluding hydrogens is 352 g/mol. The molecule has 0 heterocycles. The highest BCUT2D eigenvalue weighted by Gasteiger charge is 2.21. The minimum absolute atomic E-state index is 0.0911. The summed E-state index contributed by atoms with van der Waals surface area (Å²) in [5.74, 6) is 0.859. The van der Waals surface area contributed by atoms with Crippen LogP contribution in [-0.4, -0.2) is 36.9 Å². The van der Waals surface area contributed by atoms with Crippen molar-refractivity contribution in [3.8, 4) is 5.75 Å². The Balaban J connectivity index is 2.05. The van der Waals surface area contributed by atoms with Crippen molar-refractivity contribution in [1.29, 1.82) is 0 Å². The second kappa shape index (κ2) is 9.40. The lowest BCUT2D eigenvalue weighted by Gasteiger charge is -2.24. The maximum absolute atomic E-state index is 12.8. The second-order valence-electron chi connectivity index (χ2n) is 7.43. The summed E-state index contributed by atoms with van der Waals surface area (Å²) >= 11 is 0. The molecular formula is C23H30N2O3. The van der Waals surface area contributed by atoms with Crippen LogP contribution in [0.2, 0.25) is 0 Å². The molecule has 2 amide bonds. The minimum Gasteiger partial charge on any atom is -0.481 e. The molecule has 1 atom stereocenters. The molecule has 1 N–H and O–H groups in total. The average Bonchev–Trinajstić information content (AvgIpc) is 2.67. The Morgan fingerprint density at radius 2 is 1.71 bits per heavy atom. The molecule has 150 valence electrons. The van der Waals surface area contributed by atoms with E-state index in [1.54, 1.807) is 38.1 Å². The van der Waals surface area contributed by atoms with Crippen molar-refractivity contribution in [3.05, 3.63) is 64.7 Å². The predicted octanol–water partition coefficient (Wildman–Crippen LogP) is 3.90. The summed E-state index contributed by atoms with van der Waals surface area (Å²) in [6.45, 7) is 8.46. The van der Waals surface area contributed by atoms with Crippen LogP contribution in [0.15, 0.2) is 42.5 Å². The van der Waals surface area contributed by atoms with Crippen molar-refractivity contribution < 1.29 is 14.3 Å². The fourth-order valence-electron chi connectivity index (χ4n) is 3.03. The third-order valence-corrected chi connectivity index (χ3v) is 4.68. The summed E-state index contributed by atoms with van der Waals surface area (Å²) in [4.78, 5) is 26.0. The first-order valence-corrected chi connectivity index (χ1v) is 9.56. The van der Waals surface area contributed by atoms with Crippen molar-refractivity contribution in [1.82, 2.24) is 10.2 Å². The van der Waals surface area contributed by atoms with Gasteiger partial charge in [0.25, 0.3) is 11.8 Å². The Labute approximate surface area is 167 Å². The molecule has 0 aliphatic rings. The second-order valence-corrected chi connectivity index (χ2v) is 7.43. The maximum atomic E-state index is 12.8. The third kappa shape index (κ3) is 5.35. The van der Waals surface area contributed by atoms with Crippen LogP contribution in [0.1, 0.15) is 53.7 Å². The molecule has 0 spiro atoms.